The molecule has 0 bridgehead atoms. The maximum absolute atomic E-state index is 13.3. The number of carbonyl (C=O) groups excluding carboxylic acids is 4. The molecule has 0 radical (unpaired) electrons. The van der Waals surface area contributed by atoms with Gasteiger partial charge in [-0.05, 0) is 113 Å². The fourth-order valence-corrected chi connectivity index (χ4v) is 10.3. The molecule has 13 heteroatoms. The first-order valence-electron chi connectivity index (χ1n) is 21.7. The molecule has 0 spiro atoms. The molecule has 10 rings (SSSR count). The second kappa shape index (κ2) is 15.7. The third kappa shape index (κ3) is 7.11. The summed E-state index contributed by atoms with van der Waals surface area (Å²) in [6.07, 6.45) is 14.0. The Morgan fingerprint density at radius 2 is 1.57 bits per heavy atom. The van der Waals surface area contributed by atoms with Crippen LogP contribution in [0.1, 0.15) is 78.5 Å². The lowest BCUT2D eigenvalue weighted by molar-refractivity contribution is -0.136. The Hall–Kier alpha value is -5.66. The summed E-state index contributed by atoms with van der Waals surface area (Å²) < 4.78 is 8.55. The summed E-state index contributed by atoms with van der Waals surface area (Å²) in [7, 11) is 4.40. The molecule has 5 aliphatic rings. The van der Waals surface area contributed by atoms with Gasteiger partial charge >= 0.3 is 0 Å². The van der Waals surface area contributed by atoms with Crippen LogP contribution in [0.4, 0.5) is 5.69 Å². The number of pyridine rings is 2. The lowest BCUT2D eigenvalue weighted by Gasteiger charge is -2.46. The minimum Gasteiger partial charge on any atom is -0.474 e. The fraction of sp³-hybridized carbons (Fsp3) is 0.447. The summed E-state index contributed by atoms with van der Waals surface area (Å²) in [5.41, 5.74) is 6.17. The van der Waals surface area contributed by atoms with Gasteiger partial charge in [0.25, 0.3) is 11.8 Å². The number of rotatable bonds is 10. The first-order valence-corrected chi connectivity index (χ1v) is 21.7. The van der Waals surface area contributed by atoms with E-state index < -0.39 is 23.8 Å². The average molecular weight is 809 g/mol. The van der Waals surface area contributed by atoms with Crippen molar-refractivity contribution in [1.82, 2.24) is 34.6 Å². The summed E-state index contributed by atoms with van der Waals surface area (Å²) in [6, 6.07) is 18.4. The number of anilines is 1. The minimum atomic E-state index is -0.949. The van der Waals surface area contributed by atoms with Crippen LogP contribution >= 0.6 is 0 Å². The van der Waals surface area contributed by atoms with E-state index in [0.717, 1.165) is 80.1 Å². The van der Waals surface area contributed by atoms with Gasteiger partial charge in [-0.15, -0.1) is 0 Å². The molecule has 310 valence electrons. The van der Waals surface area contributed by atoms with E-state index in [0.29, 0.717) is 35.0 Å². The van der Waals surface area contributed by atoms with Crippen LogP contribution in [-0.2, 0) is 16.6 Å². The van der Waals surface area contributed by atoms with Gasteiger partial charge in [0, 0.05) is 104 Å². The van der Waals surface area contributed by atoms with Gasteiger partial charge in [-0.1, -0.05) is 12.1 Å². The molecule has 13 nitrogen and oxygen atoms in total. The van der Waals surface area contributed by atoms with E-state index in [9.17, 15) is 19.2 Å². The van der Waals surface area contributed by atoms with E-state index in [4.69, 9.17) is 9.72 Å². The first kappa shape index (κ1) is 38.5. The SMILES string of the molecule is Cn1c2ccncc2c2ccc(-c3ccc(O[C@H]4C[C@H](N(C)C5CCN(CCC6CCN(c7ccc8c(c7)C(=O)N(C7CCC(=O)NC7=O)C8=O)CC6)CC5)C4)nc3)cc21. The molecule has 7 heterocycles. The van der Waals surface area contributed by atoms with Crippen molar-refractivity contribution < 1.29 is 23.9 Å². The van der Waals surface area contributed by atoms with Gasteiger partial charge in [0.15, 0.2) is 0 Å². The summed E-state index contributed by atoms with van der Waals surface area (Å²) in [4.78, 5) is 68.2. The number of ether oxygens (including phenoxy) is 1. The predicted octanol–water partition coefficient (Wildman–Crippen LogP) is 5.80. The summed E-state index contributed by atoms with van der Waals surface area (Å²) in [5, 5.41) is 4.64. The molecule has 3 saturated heterocycles. The number of fused-ring (bicyclic) bond motifs is 4. The van der Waals surface area contributed by atoms with Crippen LogP contribution in [-0.4, -0.2) is 117 Å². The molecule has 60 heavy (non-hydrogen) atoms. The molecule has 1 unspecified atom stereocenters. The smallest absolute Gasteiger partial charge is 0.262 e. The van der Waals surface area contributed by atoms with Crippen LogP contribution < -0.4 is 15.0 Å². The second-order valence-corrected chi connectivity index (χ2v) is 17.6. The number of likely N-dealkylation sites (tertiary alicyclic amines) is 1. The number of hydrogen-bond acceptors (Lipinski definition) is 10. The highest BCUT2D eigenvalue weighted by Crippen LogP contribution is 2.36. The van der Waals surface area contributed by atoms with Crippen molar-refractivity contribution in [2.24, 2.45) is 13.0 Å². The van der Waals surface area contributed by atoms with Crippen molar-refractivity contribution in [3.05, 3.63) is 84.3 Å². The van der Waals surface area contributed by atoms with Crippen LogP contribution in [0, 0.1) is 5.92 Å². The second-order valence-electron chi connectivity index (χ2n) is 17.6. The topological polar surface area (TPSA) is 133 Å². The highest BCUT2D eigenvalue weighted by atomic mass is 16.5. The summed E-state index contributed by atoms with van der Waals surface area (Å²) >= 11 is 0. The maximum Gasteiger partial charge on any atom is 0.262 e. The average Bonchev–Trinajstić information content (AvgIpc) is 3.69. The van der Waals surface area contributed by atoms with E-state index in [1.54, 1.807) is 6.07 Å². The Morgan fingerprint density at radius 1 is 0.783 bits per heavy atom. The molecular weight excluding hydrogens is 757 g/mol. The third-order valence-corrected chi connectivity index (χ3v) is 14.2. The molecule has 4 aliphatic heterocycles. The number of piperidine rings is 3. The zero-order valence-electron chi connectivity index (χ0n) is 34.4. The first-order chi connectivity index (χ1) is 29.2. The zero-order valence-corrected chi connectivity index (χ0v) is 34.4. The number of amides is 4. The molecule has 1 N–H and O–H groups in total. The van der Waals surface area contributed by atoms with E-state index in [2.05, 4.69) is 74.0 Å². The number of nitrogens with one attached hydrogen (secondary N) is 1. The van der Waals surface area contributed by atoms with E-state index in [1.165, 1.54) is 41.1 Å². The number of aryl methyl sites for hydroxylation is 1. The van der Waals surface area contributed by atoms with Crippen LogP contribution in [0.3, 0.4) is 0 Å². The number of carbonyl (C=O) groups is 4. The highest BCUT2D eigenvalue weighted by molar-refractivity contribution is 6.23. The number of imide groups is 2. The molecular formula is C47H52N8O5. The number of aromatic nitrogens is 3. The largest absolute Gasteiger partial charge is 0.474 e. The van der Waals surface area contributed by atoms with Gasteiger partial charge in [-0.3, -0.25) is 34.4 Å². The lowest BCUT2D eigenvalue weighted by atomic mass is 9.86. The van der Waals surface area contributed by atoms with Gasteiger partial charge in [0.1, 0.15) is 12.1 Å². The molecule has 4 fully saturated rings. The fourth-order valence-electron chi connectivity index (χ4n) is 10.3. The molecule has 1 saturated carbocycles. The van der Waals surface area contributed by atoms with E-state index in [1.807, 2.05) is 36.8 Å². The molecule has 1 aliphatic carbocycles. The summed E-state index contributed by atoms with van der Waals surface area (Å²) in [6.45, 7) is 5.22. The quantitative estimate of drug-likeness (QED) is 0.173. The Bertz CT molecular complexity index is 2480. The Kier molecular flexibility index (Phi) is 10.1. The number of hydrogen-bond donors (Lipinski definition) is 1. The zero-order chi connectivity index (χ0) is 41.1. The van der Waals surface area contributed by atoms with Gasteiger partial charge in [0.2, 0.25) is 17.7 Å². The monoisotopic (exact) mass is 808 g/mol. The molecule has 3 aromatic heterocycles. The Labute approximate surface area is 349 Å². The summed E-state index contributed by atoms with van der Waals surface area (Å²) in [5.74, 6) is -0.525. The maximum atomic E-state index is 13.3. The van der Waals surface area contributed by atoms with Gasteiger partial charge < -0.3 is 24.0 Å². The van der Waals surface area contributed by atoms with Crippen LogP contribution in [0.2, 0.25) is 0 Å². The highest BCUT2D eigenvalue weighted by Gasteiger charge is 2.45. The molecule has 4 amide bonds. The predicted molar refractivity (Wildman–Crippen MR) is 229 cm³/mol. The lowest BCUT2D eigenvalue weighted by Crippen LogP contribution is -2.54. The van der Waals surface area contributed by atoms with Gasteiger partial charge in [-0.25, -0.2) is 4.98 Å². The van der Waals surface area contributed by atoms with Crippen molar-refractivity contribution in [1.29, 1.82) is 0 Å². The third-order valence-electron chi connectivity index (χ3n) is 14.2. The van der Waals surface area contributed by atoms with Crippen molar-refractivity contribution in [2.45, 2.75) is 82.0 Å². The van der Waals surface area contributed by atoms with Gasteiger partial charge in [0.05, 0.1) is 16.6 Å². The molecule has 2 aromatic carbocycles. The standard InChI is InChI=1S/C47H52N8O5/c1-51(34-24-35(25-34)60-44-10-4-31(27-49-44)30-3-6-36-39-28-48-17-11-40(39)52(2)42(36)23-30)32-15-19-53(20-16-32)18-12-29-13-21-54(22-14-29)33-5-7-37-38(26-33)47(59)55(46(37)58)41-8-9-43(56)50-45(41)57/h3-7,10-11,17,23,26-29,32,34-35,41H,8-9,12-16,18-22,24-25H2,1-2H3,(H,50,56,57)/t34-,35-,41?. The van der Waals surface area contributed by atoms with Gasteiger partial charge in [-0.2, -0.15) is 0 Å². The van der Waals surface area contributed by atoms with Crippen LogP contribution in [0.5, 0.6) is 5.88 Å². The van der Waals surface area contributed by atoms with Crippen molar-refractivity contribution in [3.63, 3.8) is 0 Å². The van der Waals surface area contributed by atoms with Crippen molar-refractivity contribution in [3.8, 4) is 17.0 Å². The van der Waals surface area contributed by atoms with Crippen molar-refractivity contribution >= 4 is 51.1 Å². The minimum absolute atomic E-state index is 0.110. The van der Waals surface area contributed by atoms with Crippen LogP contribution in [0.15, 0.2) is 73.2 Å². The Balaban J connectivity index is 0.643. The Morgan fingerprint density at radius 3 is 2.33 bits per heavy atom. The number of nitrogens with zero attached hydrogens (tertiary/aromatic N) is 7. The molecule has 5 aromatic rings. The van der Waals surface area contributed by atoms with E-state index in [-0.39, 0.29) is 24.9 Å². The van der Waals surface area contributed by atoms with Crippen molar-refractivity contribution in [2.75, 3.05) is 44.7 Å². The normalized spacial score (nSPS) is 23.1. The van der Waals surface area contributed by atoms with Crippen LogP contribution in [0.25, 0.3) is 32.9 Å². The number of benzene rings is 2. The van der Waals surface area contributed by atoms with E-state index >= 15 is 0 Å². The molecule has 1 atom stereocenters.